The number of fused-ring (bicyclic) bond motifs is 1. The van der Waals surface area contributed by atoms with E-state index in [1.807, 2.05) is 18.2 Å². The van der Waals surface area contributed by atoms with Gasteiger partial charge in [-0.1, -0.05) is 18.2 Å². The van der Waals surface area contributed by atoms with E-state index < -0.39 is 12.1 Å². The first-order valence-corrected chi connectivity index (χ1v) is 10.0. The summed E-state index contributed by atoms with van der Waals surface area (Å²) in [6.07, 6.45) is 6.38. The lowest BCUT2D eigenvalue weighted by Crippen LogP contribution is -2.61. The van der Waals surface area contributed by atoms with E-state index in [0.29, 0.717) is 5.58 Å². The number of hydrogen-bond acceptors (Lipinski definition) is 4. The second-order valence-corrected chi connectivity index (χ2v) is 8.88. The molecule has 2 aromatic rings. The van der Waals surface area contributed by atoms with Crippen molar-refractivity contribution in [2.24, 2.45) is 17.8 Å². The summed E-state index contributed by atoms with van der Waals surface area (Å²) in [6.45, 7) is 1.64. The second kappa shape index (κ2) is 6.11. The van der Waals surface area contributed by atoms with E-state index in [2.05, 4.69) is 5.32 Å². The number of para-hydroxylation sites is 1. The third-order valence-corrected chi connectivity index (χ3v) is 6.71. The standard InChI is InChI=1S/C22H25NO4/c1-13(26-21(25)19-9-17-4-2-3-5-18(17)27-19)20(24)23-22-10-14-6-15(11-22)8-16(7-14)12-22/h2-5,9,13-16H,6-8,10-12H2,1H3,(H,23,24)/t13-,14?,15?,16?,22?/m0/s1. The normalized spacial score (nSPS) is 32.4. The summed E-state index contributed by atoms with van der Waals surface area (Å²) in [5.41, 5.74) is 0.557. The molecule has 0 spiro atoms. The Morgan fingerprint density at radius 2 is 1.74 bits per heavy atom. The van der Waals surface area contributed by atoms with Gasteiger partial charge in [0.25, 0.3) is 5.91 Å². The Morgan fingerprint density at radius 1 is 1.11 bits per heavy atom. The summed E-state index contributed by atoms with van der Waals surface area (Å²) in [7, 11) is 0. The molecule has 4 aliphatic rings. The van der Waals surface area contributed by atoms with Crippen LogP contribution in [0.25, 0.3) is 11.0 Å². The first-order valence-electron chi connectivity index (χ1n) is 10.0. The van der Waals surface area contributed by atoms with Crippen LogP contribution < -0.4 is 5.32 Å². The van der Waals surface area contributed by atoms with Crippen molar-refractivity contribution in [3.8, 4) is 0 Å². The molecule has 4 saturated carbocycles. The van der Waals surface area contributed by atoms with Gasteiger partial charge >= 0.3 is 5.97 Å². The highest BCUT2D eigenvalue weighted by molar-refractivity contribution is 5.94. The molecule has 5 nitrogen and oxygen atoms in total. The van der Waals surface area contributed by atoms with E-state index in [4.69, 9.17) is 9.15 Å². The average molecular weight is 367 g/mol. The number of furan rings is 1. The molecule has 0 radical (unpaired) electrons. The van der Waals surface area contributed by atoms with E-state index in [9.17, 15) is 9.59 Å². The third kappa shape index (κ3) is 3.03. The van der Waals surface area contributed by atoms with Crippen molar-refractivity contribution < 1.29 is 18.7 Å². The van der Waals surface area contributed by atoms with Gasteiger partial charge in [0.1, 0.15) is 5.58 Å². The second-order valence-electron chi connectivity index (χ2n) is 8.88. The number of esters is 1. The van der Waals surface area contributed by atoms with Crippen LogP contribution in [0.2, 0.25) is 0 Å². The Bertz CT molecular complexity index is 830. The molecule has 142 valence electrons. The Morgan fingerprint density at radius 3 is 2.37 bits per heavy atom. The summed E-state index contributed by atoms with van der Waals surface area (Å²) in [5, 5.41) is 4.10. The Balaban J connectivity index is 1.25. The predicted octanol–water partition coefficient (Wildman–Crippen LogP) is 4.06. The van der Waals surface area contributed by atoms with Gasteiger partial charge in [-0.3, -0.25) is 4.79 Å². The first kappa shape index (κ1) is 16.8. The maximum absolute atomic E-state index is 12.7. The largest absolute Gasteiger partial charge is 0.449 e. The molecular weight excluding hydrogens is 342 g/mol. The van der Waals surface area contributed by atoms with Gasteiger partial charge in [-0.25, -0.2) is 4.79 Å². The zero-order valence-electron chi connectivity index (χ0n) is 15.6. The van der Waals surface area contributed by atoms with Gasteiger partial charge in [-0.05, 0) is 75.3 Å². The summed E-state index contributed by atoms with van der Waals surface area (Å²) in [4.78, 5) is 25.1. The predicted molar refractivity (Wildman–Crippen MR) is 100 cm³/mol. The monoisotopic (exact) mass is 367 g/mol. The number of ether oxygens (including phenoxy) is 1. The van der Waals surface area contributed by atoms with Gasteiger partial charge in [0.2, 0.25) is 5.76 Å². The van der Waals surface area contributed by atoms with E-state index in [1.54, 1.807) is 19.1 Å². The molecule has 1 aromatic heterocycles. The van der Waals surface area contributed by atoms with Crippen LogP contribution in [-0.4, -0.2) is 23.5 Å². The number of nitrogens with one attached hydrogen (secondary N) is 1. The third-order valence-electron chi connectivity index (χ3n) is 6.71. The number of carbonyl (C=O) groups is 2. The number of benzene rings is 1. The van der Waals surface area contributed by atoms with Crippen molar-refractivity contribution in [3.63, 3.8) is 0 Å². The minimum absolute atomic E-state index is 0.0775. The minimum Gasteiger partial charge on any atom is -0.449 e. The number of amides is 1. The molecule has 1 aromatic carbocycles. The molecule has 5 heteroatoms. The van der Waals surface area contributed by atoms with Crippen LogP contribution in [0.4, 0.5) is 0 Å². The van der Waals surface area contributed by atoms with E-state index >= 15 is 0 Å². The minimum atomic E-state index is -0.835. The van der Waals surface area contributed by atoms with Crippen molar-refractivity contribution in [1.29, 1.82) is 0 Å². The number of rotatable bonds is 4. The lowest BCUT2D eigenvalue weighted by molar-refractivity contribution is -0.134. The van der Waals surface area contributed by atoms with Crippen LogP contribution in [0, 0.1) is 17.8 Å². The van der Waals surface area contributed by atoms with Crippen molar-refractivity contribution >= 4 is 22.8 Å². The summed E-state index contributed by atoms with van der Waals surface area (Å²) in [6, 6.07) is 9.06. The van der Waals surface area contributed by atoms with Crippen LogP contribution in [-0.2, 0) is 9.53 Å². The van der Waals surface area contributed by atoms with Crippen LogP contribution in [0.1, 0.15) is 56.0 Å². The molecule has 1 amide bonds. The zero-order chi connectivity index (χ0) is 18.6. The van der Waals surface area contributed by atoms with Crippen LogP contribution >= 0.6 is 0 Å². The number of carbonyl (C=O) groups excluding carboxylic acids is 2. The summed E-state index contributed by atoms with van der Waals surface area (Å²) < 4.78 is 10.9. The lowest BCUT2D eigenvalue weighted by atomic mass is 9.53. The molecule has 6 rings (SSSR count). The highest BCUT2D eigenvalue weighted by Gasteiger charge is 2.51. The summed E-state index contributed by atoms with van der Waals surface area (Å²) in [5.74, 6) is 1.60. The van der Waals surface area contributed by atoms with Crippen molar-refractivity contribution in [2.45, 2.75) is 57.1 Å². The zero-order valence-corrected chi connectivity index (χ0v) is 15.6. The van der Waals surface area contributed by atoms with Crippen molar-refractivity contribution in [3.05, 3.63) is 36.1 Å². The molecular formula is C22H25NO4. The molecule has 0 aliphatic heterocycles. The topological polar surface area (TPSA) is 68.5 Å². The first-order chi connectivity index (χ1) is 13.0. The summed E-state index contributed by atoms with van der Waals surface area (Å²) >= 11 is 0. The molecule has 1 atom stereocenters. The Kier molecular flexibility index (Phi) is 3.81. The fourth-order valence-corrected chi connectivity index (χ4v) is 5.98. The van der Waals surface area contributed by atoms with E-state index in [0.717, 1.165) is 42.4 Å². The maximum Gasteiger partial charge on any atom is 0.375 e. The van der Waals surface area contributed by atoms with Gasteiger partial charge in [0.05, 0.1) is 0 Å². The Hall–Kier alpha value is -2.30. The van der Waals surface area contributed by atoms with Crippen LogP contribution in [0.15, 0.2) is 34.7 Å². The maximum atomic E-state index is 12.7. The molecule has 0 saturated heterocycles. The van der Waals surface area contributed by atoms with Crippen molar-refractivity contribution in [2.75, 3.05) is 0 Å². The highest BCUT2D eigenvalue weighted by Crippen LogP contribution is 2.55. The molecule has 4 aliphatic carbocycles. The van der Waals surface area contributed by atoms with Crippen LogP contribution in [0.3, 0.4) is 0 Å². The van der Waals surface area contributed by atoms with Gasteiger partial charge in [-0.2, -0.15) is 0 Å². The fourth-order valence-electron chi connectivity index (χ4n) is 5.98. The fraction of sp³-hybridized carbons (Fsp3) is 0.545. The molecule has 0 unspecified atom stereocenters. The smallest absolute Gasteiger partial charge is 0.375 e. The molecule has 4 bridgehead atoms. The van der Waals surface area contributed by atoms with Gasteiger partial charge in [0.15, 0.2) is 6.10 Å². The van der Waals surface area contributed by atoms with Gasteiger partial charge in [-0.15, -0.1) is 0 Å². The van der Waals surface area contributed by atoms with E-state index in [-0.39, 0.29) is 17.2 Å². The molecule has 1 heterocycles. The molecule has 1 N–H and O–H groups in total. The quantitative estimate of drug-likeness (QED) is 0.828. The molecule has 27 heavy (non-hydrogen) atoms. The average Bonchev–Trinajstić information content (AvgIpc) is 3.04. The highest BCUT2D eigenvalue weighted by atomic mass is 16.6. The van der Waals surface area contributed by atoms with Gasteiger partial charge < -0.3 is 14.5 Å². The van der Waals surface area contributed by atoms with Crippen molar-refractivity contribution in [1.82, 2.24) is 5.32 Å². The Labute approximate surface area is 158 Å². The van der Waals surface area contributed by atoms with E-state index in [1.165, 1.54) is 19.3 Å². The SMILES string of the molecule is C[C@H](OC(=O)c1cc2ccccc2o1)C(=O)NC12CC3CC(CC(C3)C1)C2. The van der Waals surface area contributed by atoms with Gasteiger partial charge in [0, 0.05) is 10.9 Å². The van der Waals surface area contributed by atoms with Crippen LogP contribution in [0.5, 0.6) is 0 Å². The number of hydrogen-bond donors (Lipinski definition) is 1. The molecule has 4 fully saturated rings. The lowest BCUT2D eigenvalue weighted by Gasteiger charge is -2.57.